The maximum atomic E-state index is 15.1. The van der Waals surface area contributed by atoms with Crippen LogP contribution in [0.15, 0.2) is 36.4 Å². The molecule has 0 spiro atoms. The predicted molar refractivity (Wildman–Crippen MR) is 129 cm³/mol. The van der Waals surface area contributed by atoms with E-state index >= 15 is 4.39 Å². The third-order valence-corrected chi connectivity index (χ3v) is 7.97. The van der Waals surface area contributed by atoms with Crippen molar-refractivity contribution < 1.29 is 13.5 Å². The average Bonchev–Trinajstić information content (AvgIpc) is 2.80. The van der Waals surface area contributed by atoms with Crippen molar-refractivity contribution in [2.45, 2.75) is 84.0 Å². The third-order valence-electron chi connectivity index (χ3n) is 7.97. The van der Waals surface area contributed by atoms with Gasteiger partial charge in [-0.15, -0.1) is 0 Å². The van der Waals surface area contributed by atoms with Gasteiger partial charge in [0, 0.05) is 0 Å². The van der Waals surface area contributed by atoms with Gasteiger partial charge in [-0.05, 0) is 85.8 Å². The number of hydrogen-bond acceptors (Lipinski definition) is 1. The molecule has 0 amide bonds. The fourth-order valence-corrected chi connectivity index (χ4v) is 6.19. The fourth-order valence-electron chi connectivity index (χ4n) is 6.19. The fraction of sp³-hybridized carbons (Fsp3) is 0.586. The molecule has 1 nitrogen and oxygen atoms in total. The molecule has 0 saturated heterocycles. The Bertz CT molecular complexity index is 934. The maximum absolute atomic E-state index is 15.1. The SMILES string of the molecule is C/C=C/COc1ccc2cc(C3CCC4CC(CCCCC)CCC4C3)cc(F)c2c1F. The van der Waals surface area contributed by atoms with Gasteiger partial charge < -0.3 is 4.74 Å². The van der Waals surface area contributed by atoms with Crippen LogP contribution in [-0.2, 0) is 0 Å². The Morgan fingerprint density at radius 1 is 1.00 bits per heavy atom. The molecule has 2 aliphatic rings. The molecule has 0 aliphatic heterocycles. The van der Waals surface area contributed by atoms with Crippen LogP contribution in [-0.4, -0.2) is 6.61 Å². The molecule has 32 heavy (non-hydrogen) atoms. The Hall–Kier alpha value is -1.90. The summed E-state index contributed by atoms with van der Waals surface area (Å²) in [5.74, 6) is 1.98. The van der Waals surface area contributed by atoms with Crippen molar-refractivity contribution in [1.82, 2.24) is 0 Å². The van der Waals surface area contributed by atoms with E-state index < -0.39 is 11.6 Å². The molecular formula is C29H38F2O. The summed E-state index contributed by atoms with van der Waals surface area (Å²) in [7, 11) is 0. The van der Waals surface area contributed by atoms with Crippen molar-refractivity contribution in [3.8, 4) is 5.75 Å². The van der Waals surface area contributed by atoms with E-state index in [2.05, 4.69) is 6.92 Å². The summed E-state index contributed by atoms with van der Waals surface area (Å²) in [6.07, 6.45) is 16.7. The van der Waals surface area contributed by atoms with E-state index in [4.69, 9.17) is 4.74 Å². The van der Waals surface area contributed by atoms with E-state index in [1.54, 1.807) is 24.3 Å². The van der Waals surface area contributed by atoms with Crippen LogP contribution < -0.4 is 4.74 Å². The molecular weight excluding hydrogens is 402 g/mol. The molecule has 0 N–H and O–H groups in total. The first-order valence-electron chi connectivity index (χ1n) is 12.8. The smallest absolute Gasteiger partial charge is 0.175 e. The monoisotopic (exact) mass is 440 g/mol. The Morgan fingerprint density at radius 3 is 2.62 bits per heavy atom. The first-order valence-corrected chi connectivity index (χ1v) is 12.8. The highest BCUT2D eigenvalue weighted by molar-refractivity contribution is 5.86. The van der Waals surface area contributed by atoms with E-state index in [-0.39, 0.29) is 17.7 Å². The quantitative estimate of drug-likeness (QED) is 0.294. The molecule has 0 aromatic heterocycles. The molecule has 2 aromatic carbocycles. The van der Waals surface area contributed by atoms with Gasteiger partial charge in [-0.1, -0.05) is 63.3 Å². The third kappa shape index (κ3) is 5.18. The average molecular weight is 441 g/mol. The number of allylic oxidation sites excluding steroid dienone is 1. The lowest BCUT2D eigenvalue weighted by molar-refractivity contribution is 0.113. The number of halogens is 2. The zero-order valence-electron chi connectivity index (χ0n) is 19.7. The Kier molecular flexibility index (Phi) is 7.86. The van der Waals surface area contributed by atoms with Crippen LogP contribution in [0, 0.1) is 29.4 Å². The van der Waals surface area contributed by atoms with Gasteiger partial charge in [0.1, 0.15) is 12.4 Å². The topological polar surface area (TPSA) is 9.23 Å². The minimum atomic E-state index is -0.596. The van der Waals surface area contributed by atoms with E-state index in [9.17, 15) is 4.39 Å². The summed E-state index contributed by atoms with van der Waals surface area (Å²) in [6.45, 7) is 4.44. The molecule has 4 atom stereocenters. The molecule has 0 radical (unpaired) electrons. The summed E-state index contributed by atoms with van der Waals surface area (Å²) in [5, 5.41) is 0.686. The zero-order chi connectivity index (χ0) is 22.5. The highest BCUT2D eigenvalue weighted by Crippen LogP contribution is 2.49. The van der Waals surface area contributed by atoms with E-state index in [0.29, 0.717) is 11.3 Å². The molecule has 4 unspecified atom stereocenters. The van der Waals surface area contributed by atoms with Gasteiger partial charge in [0.15, 0.2) is 11.6 Å². The zero-order valence-corrected chi connectivity index (χ0v) is 19.7. The van der Waals surface area contributed by atoms with Crippen molar-refractivity contribution in [2.75, 3.05) is 6.61 Å². The van der Waals surface area contributed by atoms with Crippen LogP contribution in [0.25, 0.3) is 10.8 Å². The number of hydrogen-bond donors (Lipinski definition) is 0. The highest BCUT2D eigenvalue weighted by atomic mass is 19.1. The van der Waals surface area contributed by atoms with Crippen LogP contribution in [0.2, 0.25) is 0 Å². The van der Waals surface area contributed by atoms with Crippen LogP contribution in [0.3, 0.4) is 0 Å². The Morgan fingerprint density at radius 2 is 1.81 bits per heavy atom. The standard InChI is InChI=1S/C29H38F2O/c1-3-5-7-8-20-9-10-22-17-23(12-11-21(22)16-20)25-18-24-13-14-27(32-15-6-4-2)29(31)28(24)26(30)19-25/h4,6,13-14,18-23H,3,5,7-12,15-17H2,1-2H3/b6-4+. The van der Waals surface area contributed by atoms with Crippen molar-refractivity contribution in [3.63, 3.8) is 0 Å². The predicted octanol–water partition coefficient (Wildman–Crippen LogP) is 8.95. The van der Waals surface area contributed by atoms with Crippen LogP contribution in [0.4, 0.5) is 8.78 Å². The first kappa shape index (κ1) is 23.3. The first-order chi connectivity index (χ1) is 15.6. The van der Waals surface area contributed by atoms with Gasteiger partial charge in [-0.2, -0.15) is 0 Å². The lowest BCUT2D eigenvalue weighted by Gasteiger charge is -2.42. The molecule has 2 saturated carbocycles. The molecule has 174 valence electrons. The van der Waals surface area contributed by atoms with Crippen LogP contribution in [0.5, 0.6) is 5.75 Å². The molecule has 0 bridgehead atoms. The molecule has 4 rings (SSSR count). The van der Waals surface area contributed by atoms with Crippen molar-refractivity contribution >= 4 is 10.8 Å². The molecule has 3 heteroatoms. The normalized spacial score (nSPS) is 25.9. The summed E-state index contributed by atoms with van der Waals surface area (Å²) in [5.41, 5.74) is 1.04. The Balaban J connectivity index is 1.45. The second-order valence-electron chi connectivity index (χ2n) is 10.1. The number of benzene rings is 2. The van der Waals surface area contributed by atoms with Crippen molar-refractivity contribution in [1.29, 1.82) is 0 Å². The van der Waals surface area contributed by atoms with Gasteiger partial charge in [0.25, 0.3) is 0 Å². The number of unbranched alkanes of at least 4 members (excludes halogenated alkanes) is 2. The van der Waals surface area contributed by atoms with Gasteiger partial charge in [-0.3, -0.25) is 0 Å². The minimum Gasteiger partial charge on any atom is -0.486 e. The van der Waals surface area contributed by atoms with E-state index in [1.807, 2.05) is 19.1 Å². The molecule has 0 heterocycles. The molecule has 2 fully saturated rings. The second-order valence-corrected chi connectivity index (χ2v) is 10.1. The van der Waals surface area contributed by atoms with Crippen molar-refractivity contribution in [2.24, 2.45) is 17.8 Å². The summed E-state index contributed by atoms with van der Waals surface area (Å²) in [4.78, 5) is 0. The van der Waals surface area contributed by atoms with E-state index in [1.165, 1.54) is 51.4 Å². The Labute approximate surface area is 192 Å². The summed E-state index contributed by atoms with van der Waals surface area (Å²) >= 11 is 0. The van der Waals surface area contributed by atoms with Crippen LogP contribution in [0.1, 0.15) is 89.5 Å². The van der Waals surface area contributed by atoms with Crippen LogP contribution >= 0.6 is 0 Å². The lowest BCUT2D eigenvalue weighted by atomic mass is 9.63. The van der Waals surface area contributed by atoms with Gasteiger partial charge in [0.2, 0.25) is 0 Å². The maximum Gasteiger partial charge on any atom is 0.175 e. The summed E-state index contributed by atoms with van der Waals surface area (Å²) < 4.78 is 35.4. The van der Waals surface area contributed by atoms with Gasteiger partial charge in [0.05, 0.1) is 5.39 Å². The highest BCUT2D eigenvalue weighted by Gasteiger charge is 2.36. The summed E-state index contributed by atoms with van der Waals surface area (Å²) in [6, 6.07) is 7.02. The number of rotatable bonds is 8. The van der Waals surface area contributed by atoms with Gasteiger partial charge in [-0.25, -0.2) is 8.78 Å². The second kappa shape index (κ2) is 10.8. The van der Waals surface area contributed by atoms with Crippen molar-refractivity contribution in [3.05, 3.63) is 53.6 Å². The lowest BCUT2D eigenvalue weighted by Crippen LogP contribution is -2.30. The van der Waals surface area contributed by atoms with Gasteiger partial charge >= 0.3 is 0 Å². The molecule has 2 aliphatic carbocycles. The number of fused-ring (bicyclic) bond motifs is 2. The largest absolute Gasteiger partial charge is 0.486 e. The van der Waals surface area contributed by atoms with E-state index in [0.717, 1.165) is 36.2 Å². The molecule has 2 aromatic rings. The number of ether oxygens (including phenoxy) is 1. The minimum absolute atomic E-state index is 0.0491.